The molecule has 0 amide bonds. The molecule has 0 saturated heterocycles. The summed E-state index contributed by atoms with van der Waals surface area (Å²) < 4.78 is 5.81. The molecule has 0 aliphatic carbocycles. The number of nitrogens with one attached hydrogen (secondary N) is 1. The molecule has 1 aromatic carbocycles. The van der Waals surface area contributed by atoms with Gasteiger partial charge in [0.25, 0.3) is 0 Å². The van der Waals surface area contributed by atoms with Crippen LogP contribution in [0.3, 0.4) is 0 Å². The summed E-state index contributed by atoms with van der Waals surface area (Å²) in [6.07, 6.45) is 1.72. The van der Waals surface area contributed by atoms with Crippen molar-refractivity contribution in [1.29, 1.82) is 0 Å². The Balaban J connectivity index is 2.25. The number of aryl methyl sites for hydroxylation is 1. The predicted octanol–water partition coefficient (Wildman–Crippen LogP) is 3.56. The number of nitrogens with zero attached hydrogens (tertiary/aromatic N) is 1. The molecule has 18 heavy (non-hydrogen) atoms. The van der Waals surface area contributed by atoms with Crippen molar-refractivity contribution >= 4 is 11.6 Å². The summed E-state index contributed by atoms with van der Waals surface area (Å²) in [6, 6.07) is 9.41. The van der Waals surface area contributed by atoms with Crippen molar-refractivity contribution in [2.45, 2.75) is 13.5 Å². The van der Waals surface area contributed by atoms with Gasteiger partial charge in [-0.25, -0.2) is 0 Å². The van der Waals surface area contributed by atoms with Crippen LogP contribution in [0.15, 0.2) is 36.5 Å². The Morgan fingerprint density at radius 2 is 2.11 bits per heavy atom. The maximum atomic E-state index is 5.98. The van der Waals surface area contributed by atoms with E-state index >= 15 is 0 Å². The van der Waals surface area contributed by atoms with E-state index in [-0.39, 0.29) is 0 Å². The zero-order valence-corrected chi connectivity index (χ0v) is 11.2. The second-order valence-corrected chi connectivity index (χ2v) is 4.46. The molecular weight excluding hydrogens is 248 g/mol. The molecule has 2 aromatic rings. The van der Waals surface area contributed by atoms with Gasteiger partial charge in [-0.1, -0.05) is 11.6 Å². The highest BCUT2D eigenvalue weighted by molar-refractivity contribution is 6.30. The fourth-order valence-corrected chi connectivity index (χ4v) is 1.81. The molecule has 0 radical (unpaired) electrons. The Labute approximate surface area is 112 Å². The lowest BCUT2D eigenvalue weighted by molar-refractivity contribution is 0.472. The summed E-state index contributed by atoms with van der Waals surface area (Å²) in [4.78, 5) is 4.20. The summed E-state index contributed by atoms with van der Waals surface area (Å²) in [5.41, 5.74) is 1.99. The number of hydrogen-bond acceptors (Lipinski definition) is 3. The molecule has 2 rings (SSSR count). The zero-order valence-electron chi connectivity index (χ0n) is 10.4. The van der Waals surface area contributed by atoms with Gasteiger partial charge in [0.2, 0.25) is 0 Å². The number of benzene rings is 1. The van der Waals surface area contributed by atoms with Crippen LogP contribution in [0.1, 0.15) is 11.3 Å². The number of halogens is 1. The molecule has 0 aliphatic heterocycles. The van der Waals surface area contributed by atoms with E-state index in [0.717, 1.165) is 22.8 Å². The molecule has 0 spiro atoms. The maximum Gasteiger partial charge on any atom is 0.145 e. The van der Waals surface area contributed by atoms with E-state index in [0.29, 0.717) is 11.6 Å². The molecule has 0 bridgehead atoms. The molecule has 1 heterocycles. The predicted molar refractivity (Wildman–Crippen MR) is 73.3 cm³/mol. The number of aromatic nitrogens is 1. The van der Waals surface area contributed by atoms with Gasteiger partial charge in [-0.15, -0.1) is 0 Å². The molecular formula is C14H15ClN2O. The highest BCUT2D eigenvalue weighted by atomic mass is 35.5. The van der Waals surface area contributed by atoms with E-state index in [4.69, 9.17) is 16.3 Å². The van der Waals surface area contributed by atoms with Gasteiger partial charge in [-0.2, -0.15) is 0 Å². The molecule has 94 valence electrons. The Morgan fingerprint density at radius 1 is 1.28 bits per heavy atom. The van der Waals surface area contributed by atoms with E-state index < -0.39 is 0 Å². The molecule has 1 aromatic heterocycles. The molecule has 0 atom stereocenters. The first-order chi connectivity index (χ1) is 8.69. The summed E-state index contributed by atoms with van der Waals surface area (Å²) >= 11 is 5.98. The van der Waals surface area contributed by atoms with Gasteiger partial charge in [0.1, 0.15) is 11.5 Å². The fraction of sp³-hybridized carbons (Fsp3) is 0.214. The summed E-state index contributed by atoms with van der Waals surface area (Å²) in [5, 5.41) is 3.80. The van der Waals surface area contributed by atoms with E-state index in [1.54, 1.807) is 6.20 Å². The van der Waals surface area contributed by atoms with E-state index in [1.807, 2.05) is 44.3 Å². The lowest BCUT2D eigenvalue weighted by Crippen LogP contribution is -2.06. The van der Waals surface area contributed by atoms with Crippen molar-refractivity contribution in [1.82, 2.24) is 10.3 Å². The minimum absolute atomic E-state index is 0.703. The van der Waals surface area contributed by atoms with Crippen molar-refractivity contribution in [2.75, 3.05) is 7.05 Å². The van der Waals surface area contributed by atoms with E-state index in [9.17, 15) is 0 Å². The number of rotatable bonds is 4. The van der Waals surface area contributed by atoms with Crippen LogP contribution in [-0.4, -0.2) is 12.0 Å². The molecule has 0 saturated carbocycles. The van der Waals surface area contributed by atoms with Gasteiger partial charge in [-0.3, -0.25) is 4.98 Å². The van der Waals surface area contributed by atoms with Gasteiger partial charge < -0.3 is 10.1 Å². The molecule has 3 nitrogen and oxygen atoms in total. The Hall–Kier alpha value is -1.58. The van der Waals surface area contributed by atoms with Crippen LogP contribution >= 0.6 is 11.6 Å². The quantitative estimate of drug-likeness (QED) is 0.915. The maximum absolute atomic E-state index is 5.98. The minimum atomic E-state index is 0.703. The molecule has 0 unspecified atom stereocenters. The van der Waals surface area contributed by atoms with Crippen molar-refractivity contribution in [3.8, 4) is 11.5 Å². The van der Waals surface area contributed by atoms with Gasteiger partial charge in [0.15, 0.2) is 0 Å². The zero-order chi connectivity index (χ0) is 13.0. The molecule has 0 fully saturated rings. The van der Waals surface area contributed by atoms with Gasteiger partial charge in [0.05, 0.1) is 6.20 Å². The third-order valence-electron chi connectivity index (χ3n) is 2.50. The normalized spacial score (nSPS) is 10.4. The number of ether oxygens (including phenoxy) is 1. The van der Waals surface area contributed by atoms with E-state index in [2.05, 4.69) is 10.3 Å². The van der Waals surface area contributed by atoms with Gasteiger partial charge in [0, 0.05) is 22.8 Å². The topological polar surface area (TPSA) is 34.1 Å². The first kappa shape index (κ1) is 12.9. The van der Waals surface area contributed by atoms with Crippen LogP contribution in [-0.2, 0) is 6.54 Å². The average molecular weight is 263 g/mol. The van der Waals surface area contributed by atoms with Crippen molar-refractivity contribution in [3.63, 3.8) is 0 Å². The van der Waals surface area contributed by atoms with Crippen molar-refractivity contribution in [3.05, 3.63) is 52.8 Å². The average Bonchev–Trinajstić information content (AvgIpc) is 2.36. The van der Waals surface area contributed by atoms with Crippen LogP contribution < -0.4 is 10.1 Å². The summed E-state index contributed by atoms with van der Waals surface area (Å²) in [6.45, 7) is 2.65. The molecule has 1 N–H and O–H groups in total. The lowest BCUT2D eigenvalue weighted by atomic mass is 10.2. The summed E-state index contributed by atoms with van der Waals surface area (Å²) in [7, 11) is 1.89. The summed E-state index contributed by atoms with van der Waals surface area (Å²) in [5.74, 6) is 1.51. The number of hydrogen-bond donors (Lipinski definition) is 1. The van der Waals surface area contributed by atoms with Crippen LogP contribution in [0.25, 0.3) is 0 Å². The Bertz CT molecular complexity index is 526. The highest BCUT2D eigenvalue weighted by Gasteiger charge is 2.05. The fourth-order valence-electron chi connectivity index (χ4n) is 1.62. The second kappa shape index (κ2) is 5.85. The SMILES string of the molecule is CNCc1cc(Cl)ccc1Oc1ccc(C)nc1. The highest BCUT2D eigenvalue weighted by Crippen LogP contribution is 2.27. The van der Waals surface area contributed by atoms with Gasteiger partial charge in [-0.05, 0) is 44.3 Å². The van der Waals surface area contributed by atoms with E-state index in [1.165, 1.54) is 0 Å². The van der Waals surface area contributed by atoms with Crippen molar-refractivity contribution < 1.29 is 4.74 Å². The number of pyridine rings is 1. The lowest BCUT2D eigenvalue weighted by Gasteiger charge is -2.11. The molecule has 4 heteroatoms. The standard InChI is InChI=1S/C14H15ClN2O/c1-10-3-5-13(9-17-10)18-14-6-4-12(15)7-11(14)8-16-2/h3-7,9,16H,8H2,1-2H3. The third kappa shape index (κ3) is 3.22. The van der Waals surface area contributed by atoms with Crippen LogP contribution in [0.5, 0.6) is 11.5 Å². The molecule has 0 aliphatic rings. The monoisotopic (exact) mass is 262 g/mol. The largest absolute Gasteiger partial charge is 0.455 e. The minimum Gasteiger partial charge on any atom is -0.455 e. The van der Waals surface area contributed by atoms with Crippen LogP contribution in [0.2, 0.25) is 5.02 Å². The van der Waals surface area contributed by atoms with Crippen LogP contribution in [0.4, 0.5) is 0 Å². The van der Waals surface area contributed by atoms with Gasteiger partial charge >= 0.3 is 0 Å². The second-order valence-electron chi connectivity index (χ2n) is 4.02. The Kier molecular flexibility index (Phi) is 4.18. The third-order valence-corrected chi connectivity index (χ3v) is 2.74. The first-order valence-corrected chi connectivity index (χ1v) is 6.10. The first-order valence-electron chi connectivity index (χ1n) is 5.72. The van der Waals surface area contributed by atoms with Crippen molar-refractivity contribution in [2.24, 2.45) is 0 Å². The smallest absolute Gasteiger partial charge is 0.145 e. The Morgan fingerprint density at radius 3 is 2.78 bits per heavy atom. The van der Waals surface area contributed by atoms with Crippen LogP contribution in [0, 0.1) is 6.92 Å².